The van der Waals surface area contributed by atoms with Crippen molar-refractivity contribution in [2.45, 2.75) is 13.8 Å². The fourth-order valence-electron chi connectivity index (χ4n) is 0.440. The molecule has 0 spiro atoms. The first-order valence-corrected chi connectivity index (χ1v) is 4.26. The van der Waals surface area contributed by atoms with Gasteiger partial charge in [0.05, 0.1) is 0 Å². The molecule has 0 radical (unpaired) electrons. The smallest absolute Gasteiger partial charge is 0.0512 e. The summed E-state index contributed by atoms with van der Waals surface area (Å²) < 4.78 is 0. The predicted molar refractivity (Wildman–Crippen MR) is 38.6 cm³/mol. The maximum absolute atomic E-state index is 3.72. The minimum atomic E-state index is 0.519. The molecular weight excluding hydrogens is 104 g/mol. The molecule has 0 heterocycles. The normalized spacial score (nSPS) is 9.57. The van der Waals surface area contributed by atoms with Crippen LogP contribution in [0.15, 0.2) is 12.0 Å². The molecule has 0 bridgehead atoms. The Morgan fingerprint density at radius 3 is 1.86 bits per heavy atom. The van der Waals surface area contributed by atoms with Crippen LogP contribution in [0.2, 0.25) is 0 Å². The Bertz CT molecular complexity index is 46.1. The van der Waals surface area contributed by atoms with Crippen molar-refractivity contribution in [2.24, 2.45) is 0 Å². The molecule has 0 aromatic heterocycles. The lowest BCUT2D eigenvalue weighted by molar-refractivity contribution is 1.44. The van der Waals surface area contributed by atoms with Gasteiger partial charge in [0.1, 0.15) is 16.9 Å². The lowest BCUT2D eigenvalue weighted by atomic mass is 11.0. The first-order valence-electron chi connectivity index (χ1n) is 2.64. The monoisotopic (exact) mass is 117 g/mol. The lowest BCUT2D eigenvalue weighted by Gasteiger charge is -1.90. The summed E-state index contributed by atoms with van der Waals surface area (Å²) in [5, 5.41) is 2.06. The average molecular weight is 117 g/mol. The zero-order chi connectivity index (χ0) is 5.70. The van der Waals surface area contributed by atoms with Crippen molar-refractivity contribution in [3.63, 3.8) is 0 Å². The Labute approximate surface area is 49.0 Å². The molecule has 0 amide bonds. The van der Waals surface area contributed by atoms with Crippen molar-refractivity contribution in [1.29, 1.82) is 0 Å². The minimum Gasteiger partial charge on any atom is -0.0512 e. The van der Waals surface area contributed by atoms with E-state index in [1.54, 1.807) is 0 Å². The highest BCUT2D eigenvalue weighted by molar-refractivity contribution is 7.99. The van der Waals surface area contributed by atoms with Crippen LogP contribution < -0.4 is 0 Å². The van der Waals surface area contributed by atoms with Crippen molar-refractivity contribution >= 4 is 10.9 Å². The van der Waals surface area contributed by atoms with Crippen molar-refractivity contribution in [1.82, 2.24) is 0 Å². The molecule has 0 unspecified atom stereocenters. The molecule has 0 fully saturated rings. The predicted octanol–water partition coefficient (Wildman–Crippen LogP) is 1.79. The fraction of sp³-hybridized carbons (Fsp3) is 0.667. The van der Waals surface area contributed by atoms with Crippen molar-refractivity contribution < 1.29 is 0 Å². The molecule has 0 aliphatic heterocycles. The van der Waals surface area contributed by atoms with Gasteiger partial charge < -0.3 is 0 Å². The second-order valence-electron chi connectivity index (χ2n) is 1.28. The standard InChI is InChI=1S/C6H13S/c1-4-7(5-2)6-3/h4H,1,5-6H2,2-3H3/q+1. The second-order valence-corrected chi connectivity index (χ2v) is 3.84. The SMILES string of the molecule is C=C[S+](CC)CC. The van der Waals surface area contributed by atoms with E-state index in [9.17, 15) is 0 Å². The van der Waals surface area contributed by atoms with Gasteiger partial charge in [-0.05, 0) is 13.8 Å². The van der Waals surface area contributed by atoms with Gasteiger partial charge in [-0.2, -0.15) is 0 Å². The Morgan fingerprint density at radius 1 is 1.43 bits per heavy atom. The van der Waals surface area contributed by atoms with Crippen LogP contribution in [0.3, 0.4) is 0 Å². The molecule has 1 heteroatoms. The molecule has 0 aliphatic rings. The third-order valence-corrected chi connectivity index (χ3v) is 2.93. The van der Waals surface area contributed by atoms with Crippen LogP contribution in [0.5, 0.6) is 0 Å². The van der Waals surface area contributed by atoms with E-state index in [2.05, 4.69) is 25.8 Å². The van der Waals surface area contributed by atoms with E-state index in [0.717, 1.165) is 0 Å². The van der Waals surface area contributed by atoms with Gasteiger partial charge in [-0.25, -0.2) is 0 Å². The molecule has 0 aromatic carbocycles. The molecule has 0 rings (SSSR count). The quantitative estimate of drug-likeness (QED) is 0.494. The highest BCUT2D eigenvalue weighted by atomic mass is 32.2. The molecule has 7 heavy (non-hydrogen) atoms. The second kappa shape index (κ2) is 4.25. The van der Waals surface area contributed by atoms with Gasteiger partial charge >= 0.3 is 0 Å². The van der Waals surface area contributed by atoms with Crippen LogP contribution >= 0.6 is 0 Å². The minimum absolute atomic E-state index is 0.519. The van der Waals surface area contributed by atoms with Crippen LogP contribution in [0.25, 0.3) is 0 Å². The Hall–Kier alpha value is 0.0900. The summed E-state index contributed by atoms with van der Waals surface area (Å²) in [7, 11) is 0.519. The number of hydrogen-bond acceptors (Lipinski definition) is 0. The number of rotatable bonds is 3. The highest BCUT2D eigenvalue weighted by Gasteiger charge is 2.02. The number of hydrogen-bond donors (Lipinski definition) is 0. The van der Waals surface area contributed by atoms with E-state index >= 15 is 0 Å². The molecule has 0 N–H and O–H groups in total. The third kappa shape index (κ3) is 2.75. The van der Waals surface area contributed by atoms with Gasteiger partial charge in [0.25, 0.3) is 0 Å². The van der Waals surface area contributed by atoms with Crippen LogP contribution in [-0.2, 0) is 10.9 Å². The molecule has 42 valence electrons. The Kier molecular flexibility index (Phi) is 4.31. The van der Waals surface area contributed by atoms with Crippen molar-refractivity contribution in [3.05, 3.63) is 12.0 Å². The molecule has 0 aliphatic carbocycles. The average Bonchev–Trinajstić information content (AvgIpc) is 1.72. The van der Waals surface area contributed by atoms with E-state index < -0.39 is 0 Å². The van der Waals surface area contributed by atoms with Crippen molar-refractivity contribution in [2.75, 3.05) is 11.5 Å². The van der Waals surface area contributed by atoms with E-state index in [1.807, 2.05) is 0 Å². The fourth-order valence-corrected chi connectivity index (χ4v) is 1.32. The molecule has 0 aromatic rings. The zero-order valence-corrected chi connectivity index (χ0v) is 5.92. The first-order chi connectivity index (χ1) is 3.35. The summed E-state index contributed by atoms with van der Waals surface area (Å²) in [6, 6.07) is 0. The zero-order valence-electron chi connectivity index (χ0n) is 5.11. The van der Waals surface area contributed by atoms with Gasteiger partial charge in [0.15, 0.2) is 0 Å². The Balaban J connectivity index is 3.16. The molecule has 0 nitrogen and oxygen atoms in total. The summed E-state index contributed by atoms with van der Waals surface area (Å²) in [4.78, 5) is 0. The van der Waals surface area contributed by atoms with E-state index in [-0.39, 0.29) is 0 Å². The van der Waals surface area contributed by atoms with E-state index in [0.29, 0.717) is 10.9 Å². The largest absolute Gasteiger partial charge is 0.112 e. The third-order valence-electron chi connectivity index (χ3n) is 0.977. The van der Waals surface area contributed by atoms with Crippen molar-refractivity contribution in [3.8, 4) is 0 Å². The van der Waals surface area contributed by atoms with Gasteiger partial charge in [0.2, 0.25) is 0 Å². The van der Waals surface area contributed by atoms with Gasteiger partial charge in [0, 0.05) is 10.9 Å². The Morgan fingerprint density at radius 2 is 1.86 bits per heavy atom. The lowest BCUT2D eigenvalue weighted by Crippen LogP contribution is -2.01. The van der Waals surface area contributed by atoms with E-state index in [1.165, 1.54) is 11.5 Å². The highest BCUT2D eigenvalue weighted by Crippen LogP contribution is 1.94. The van der Waals surface area contributed by atoms with E-state index in [4.69, 9.17) is 0 Å². The topological polar surface area (TPSA) is 0 Å². The molecular formula is C6H13S+. The van der Waals surface area contributed by atoms with Crippen LogP contribution in [0.1, 0.15) is 13.8 Å². The molecule has 0 saturated carbocycles. The summed E-state index contributed by atoms with van der Waals surface area (Å²) in [5.74, 6) is 2.53. The summed E-state index contributed by atoms with van der Waals surface area (Å²) in [6.07, 6.45) is 0. The van der Waals surface area contributed by atoms with Gasteiger partial charge in [-0.3, -0.25) is 0 Å². The van der Waals surface area contributed by atoms with Crippen LogP contribution in [0.4, 0.5) is 0 Å². The first kappa shape index (κ1) is 7.09. The summed E-state index contributed by atoms with van der Waals surface area (Å²) in [6.45, 7) is 8.12. The van der Waals surface area contributed by atoms with Crippen LogP contribution in [-0.4, -0.2) is 11.5 Å². The van der Waals surface area contributed by atoms with Crippen LogP contribution in [0, 0.1) is 0 Å². The maximum Gasteiger partial charge on any atom is 0.112 e. The summed E-state index contributed by atoms with van der Waals surface area (Å²) in [5.41, 5.74) is 0. The van der Waals surface area contributed by atoms with Gasteiger partial charge in [-0.15, -0.1) is 0 Å². The van der Waals surface area contributed by atoms with Gasteiger partial charge in [-0.1, -0.05) is 6.58 Å². The molecule has 0 atom stereocenters. The summed E-state index contributed by atoms with van der Waals surface area (Å²) >= 11 is 0. The maximum atomic E-state index is 3.72. The molecule has 0 saturated heterocycles.